The molecule has 0 bridgehead atoms. The number of fused-ring (bicyclic) bond motifs is 1. The highest BCUT2D eigenvalue weighted by atomic mass is 16.3. The monoisotopic (exact) mass is 165 g/mol. The fourth-order valence-electron chi connectivity index (χ4n) is 1.74. The van der Waals surface area contributed by atoms with Crippen molar-refractivity contribution in [2.24, 2.45) is 0 Å². The quantitative estimate of drug-likeness (QED) is 0.673. The Balaban J connectivity index is 2.25. The van der Waals surface area contributed by atoms with Gasteiger partial charge in [-0.2, -0.15) is 0 Å². The molecule has 1 heterocycles. The highest BCUT2D eigenvalue weighted by molar-refractivity contribution is 5.48. The molecule has 64 valence electrons. The normalized spacial score (nSPS) is 21.5. The lowest BCUT2D eigenvalue weighted by atomic mass is 9.94. The van der Waals surface area contributed by atoms with Gasteiger partial charge in [-0.1, -0.05) is 0 Å². The van der Waals surface area contributed by atoms with Gasteiger partial charge in [0.25, 0.3) is 0 Å². The molecule has 1 N–H and O–H groups in total. The maximum Gasteiger partial charge on any atom is 0.207 e. The number of amides is 1. The van der Waals surface area contributed by atoms with Gasteiger partial charge < -0.3 is 9.73 Å². The summed E-state index contributed by atoms with van der Waals surface area (Å²) in [5.41, 5.74) is 1.15. The van der Waals surface area contributed by atoms with E-state index in [1.54, 1.807) is 6.26 Å². The van der Waals surface area contributed by atoms with Crippen LogP contribution in [0.15, 0.2) is 16.7 Å². The van der Waals surface area contributed by atoms with E-state index in [0.29, 0.717) is 0 Å². The van der Waals surface area contributed by atoms with Crippen LogP contribution in [0.3, 0.4) is 0 Å². The van der Waals surface area contributed by atoms with Crippen LogP contribution in [-0.2, 0) is 11.2 Å². The van der Waals surface area contributed by atoms with Gasteiger partial charge in [-0.25, -0.2) is 0 Å². The van der Waals surface area contributed by atoms with Gasteiger partial charge in [-0.15, -0.1) is 0 Å². The predicted molar refractivity (Wildman–Crippen MR) is 43.6 cm³/mol. The van der Waals surface area contributed by atoms with Crippen LogP contribution in [0.25, 0.3) is 0 Å². The van der Waals surface area contributed by atoms with Gasteiger partial charge in [0.15, 0.2) is 0 Å². The zero-order chi connectivity index (χ0) is 8.39. The first-order chi connectivity index (χ1) is 5.92. The fourth-order valence-corrected chi connectivity index (χ4v) is 1.74. The standard InChI is InChI=1S/C9H11NO2/c11-6-10-8-2-1-3-9-7(8)4-5-12-9/h4-6,8H,1-3H2,(H,10,11). The Bertz CT molecular complexity index is 280. The van der Waals surface area contributed by atoms with Crippen LogP contribution in [-0.4, -0.2) is 6.41 Å². The Morgan fingerprint density at radius 3 is 3.42 bits per heavy atom. The first kappa shape index (κ1) is 7.40. The summed E-state index contributed by atoms with van der Waals surface area (Å²) in [5, 5.41) is 2.79. The number of carbonyl (C=O) groups excluding carboxylic acids is 1. The summed E-state index contributed by atoms with van der Waals surface area (Å²) < 4.78 is 5.28. The van der Waals surface area contributed by atoms with E-state index in [2.05, 4.69) is 5.32 Å². The van der Waals surface area contributed by atoms with Crippen molar-refractivity contribution in [2.75, 3.05) is 0 Å². The Kier molecular flexibility index (Phi) is 1.86. The van der Waals surface area contributed by atoms with E-state index < -0.39 is 0 Å². The highest BCUT2D eigenvalue weighted by Gasteiger charge is 2.21. The third-order valence-electron chi connectivity index (χ3n) is 2.32. The molecular formula is C9H11NO2. The molecule has 0 saturated heterocycles. The third kappa shape index (κ3) is 1.11. The van der Waals surface area contributed by atoms with E-state index in [-0.39, 0.29) is 6.04 Å². The van der Waals surface area contributed by atoms with Crippen LogP contribution in [0.4, 0.5) is 0 Å². The summed E-state index contributed by atoms with van der Waals surface area (Å²) in [6.45, 7) is 0. The first-order valence-corrected chi connectivity index (χ1v) is 4.18. The first-order valence-electron chi connectivity index (χ1n) is 4.18. The van der Waals surface area contributed by atoms with Gasteiger partial charge >= 0.3 is 0 Å². The van der Waals surface area contributed by atoms with Crippen LogP contribution in [0.5, 0.6) is 0 Å². The van der Waals surface area contributed by atoms with Gasteiger partial charge in [0.1, 0.15) is 5.76 Å². The lowest BCUT2D eigenvalue weighted by Gasteiger charge is -2.20. The summed E-state index contributed by atoms with van der Waals surface area (Å²) in [4.78, 5) is 10.3. The molecule has 0 radical (unpaired) electrons. The summed E-state index contributed by atoms with van der Waals surface area (Å²) in [5.74, 6) is 1.03. The van der Waals surface area contributed by atoms with Crippen molar-refractivity contribution >= 4 is 6.41 Å². The van der Waals surface area contributed by atoms with Crippen molar-refractivity contribution in [3.63, 3.8) is 0 Å². The fraction of sp³-hybridized carbons (Fsp3) is 0.444. The second-order valence-electron chi connectivity index (χ2n) is 3.03. The number of rotatable bonds is 2. The van der Waals surface area contributed by atoms with Crippen LogP contribution in [0, 0.1) is 0 Å². The molecule has 1 aliphatic rings. The van der Waals surface area contributed by atoms with Crippen LogP contribution >= 0.6 is 0 Å². The molecule has 1 aromatic rings. The Hall–Kier alpha value is -1.25. The van der Waals surface area contributed by atoms with Crippen LogP contribution in [0.2, 0.25) is 0 Å². The van der Waals surface area contributed by atoms with E-state index >= 15 is 0 Å². The molecule has 0 saturated carbocycles. The van der Waals surface area contributed by atoms with Gasteiger partial charge in [0.2, 0.25) is 6.41 Å². The van der Waals surface area contributed by atoms with Gasteiger partial charge in [0.05, 0.1) is 12.3 Å². The zero-order valence-corrected chi connectivity index (χ0v) is 6.75. The smallest absolute Gasteiger partial charge is 0.207 e. The molecule has 1 atom stereocenters. The van der Waals surface area contributed by atoms with E-state index in [4.69, 9.17) is 4.42 Å². The summed E-state index contributed by atoms with van der Waals surface area (Å²) in [7, 11) is 0. The van der Waals surface area contributed by atoms with Crippen molar-refractivity contribution in [1.29, 1.82) is 0 Å². The summed E-state index contributed by atoms with van der Waals surface area (Å²) in [6, 6.07) is 2.11. The molecule has 3 nitrogen and oxygen atoms in total. The largest absolute Gasteiger partial charge is 0.469 e. The zero-order valence-electron chi connectivity index (χ0n) is 6.75. The minimum atomic E-state index is 0.171. The highest BCUT2D eigenvalue weighted by Crippen LogP contribution is 2.29. The SMILES string of the molecule is O=CNC1CCCc2occc21. The third-order valence-corrected chi connectivity index (χ3v) is 2.32. The maximum absolute atomic E-state index is 10.3. The van der Waals surface area contributed by atoms with E-state index in [1.165, 1.54) is 0 Å². The molecule has 1 unspecified atom stereocenters. The molecule has 1 amide bonds. The topological polar surface area (TPSA) is 42.2 Å². The number of nitrogens with one attached hydrogen (secondary N) is 1. The molecule has 0 aromatic carbocycles. The molecule has 2 rings (SSSR count). The predicted octanol–water partition coefficient (Wildman–Crippen LogP) is 1.40. The second kappa shape index (κ2) is 3.01. The molecule has 0 spiro atoms. The van der Waals surface area contributed by atoms with Crippen molar-refractivity contribution in [2.45, 2.75) is 25.3 Å². The Morgan fingerprint density at radius 1 is 1.67 bits per heavy atom. The molecule has 1 aliphatic carbocycles. The number of hydrogen-bond acceptors (Lipinski definition) is 2. The second-order valence-corrected chi connectivity index (χ2v) is 3.03. The Labute approximate surface area is 70.8 Å². The van der Waals surface area contributed by atoms with Crippen molar-refractivity contribution in [1.82, 2.24) is 5.32 Å². The maximum atomic E-state index is 10.3. The summed E-state index contributed by atoms with van der Waals surface area (Å²) >= 11 is 0. The van der Waals surface area contributed by atoms with Crippen molar-refractivity contribution < 1.29 is 9.21 Å². The molecule has 3 heteroatoms. The van der Waals surface area contributed by atoms with Gasteiger partial charge in [-0.3, -0.25) is 4.79 Å². The van der Waals surface area contributed by atoms with Crippen molar-refractivity contribution in [3.05, 3.63) is 23.7 Å². The number of aryl methyl sites for hydroxylation is 1. The molecule has 12 heavy (non-hydrogen) atoms. The number of carbonyl (C=O) groups is 1. The van der Waals surface area contributed by atoms with Crippen LogP contribution < -0.4 is 5.32 Å². The van der Waals surface area contributed by atoms with Gasteiger partial charge in [-0.05, 0) is 18.9 Å². The van der Waals surface area contributed by atoms with Gasteiger partial charge in [0, 0.05) is 12.0 Å². The molecule has 0 fully saturated rings. The average Bonchev–Trinajstić information content (AvgIpc) is 2.53. The lowest BCUT2D eigenvalue weighted by Crippen LogP contribution is -2.22. The average molecular weight is 165 g/mol. The van der Waals surface area contributed by atoms with E-state index in [9.17, 15) is 4.79 Å². The summed E-state index contributed by atoms with van der Waals surface area (Å²) in [6.07, 6.45) is 5.55. The minimum absolute atomic E-state index is 0.171. The number of furan rings is 1. The van der Waals surface area contributed by atoms with Crippen LogP contribution in [0.1, 0.15) is 30.2 Å². The molecule has 1 aromatic heterocycles. The van der Waals surface area contributed by atoms with Crippen molar-refractivity contribution in [3.8, 4) is 0 Å². The van der Waals surface area contributed by atoms with E-state index in [1.807, 2.05) is 6.07 Å². The van der Waals surface area contributed by atoms with E-state index in [0.717, 1.165) is 37.0 Å². The molecule has 0 aliphatic heterocycles. The Morgan fingerprint density at radius 2 is 2.58 bits per heavy atom. The number of hydrogen-bond donors (Lipinski definition) is 1. The molecular weight excluding hydrogens is 154 g/mol. The minimum Gasteiger partial charge on any atom is -0.469 e. The lowest BCUT2D eigenvalue weighted by molar-refractivity contribution is -0.110.